The molecule has 1 saturated carbocycles. The van der Waals surface area contributed by atoms with Crippen LogP contribution in [0.1, 0.15) is 18.4 Å². The van der Waals surface area contributed by atoms with Crippen molar-refractivity contribution in [3.8, 4) is 34.5 Å². The van der Waals surface area contributed by atoms with Gasteiger partial charge in [-0.15, -0.1) is 0 Å². The van der Waals surface area contributed by atoms with E-state index in [2.05, 4.69) is 16.0 Å². The van der Waals surface area contributed by atoms with Crippen LogP contribution in [0.15, 0.2) is 42.9 Å². The Kier molecular flexibility index (Phi) is 4.13. The molecule has 0 unspecified atom stereocenters. The van der Waals surface area contributed by atoms with Crippen molar-refractivity contribution < 1.29 is 9.13 Å². The first-order chi connectivity index (χ1) is 12.7. The Balaban J connectivity index is 1.81. The Morgan fingerprint density at radius 3 is 2.88 bits per heavy atom. The summed E-state index contributed by atoms with van der Waals surface area (Å²) in [5.74, 6) is 0.720. The molecule has 1 aromatic carbocycles. The molecule has 5 nitrogen and oxygen atoms in total. The number of nitriles is 1. The van der Waals surface area contributed by atoms with E-state index in [1.807, 2.05) is 11.6 Å². The first kappa shape index (κ1) is 16.3. The van der Waals surface area contributed by atoms with Crippen LogP contribution in [0.4, 0.5) is 4.39 Å². The van der Waals surface area contributed by atoms with E-state index >= 15 is 0 Å². The normalized spacial score (nSPS) is 13.4. The van der Waals surface area contributed by atoms with Crippen LogP contribution >= 0.6 is 0 Å². The van der Waals surface area contributed by atoms with E-state index in [1.165, 1.54) is 12.1 Å². The highest BCUT2D eigenvalue weighted by Crippen LogP contribution is 2.38. The molecular weight excluding hydrogens is 331 g/mol. The molecule has 1 fully saturated rings. The number of hydrogen-bond acceptors (Lipinski definition) is 4. The average molecular weight is 348 g/mol. The van der Waals surface area contributed by atoms with Crippen molar-refractivity contribution in [2.45, 2.75) is 12.8 Å². The fourth-order valence-electron chi connectivity index (χ4n) is 2.87. The third-order valence-corrected chi connectivity index (χ3v) is 4.44. The van der Waals surface area contributed by atoms with Crippen molar-refractivity contribution in [1.82, 2.24) is 14.5 Å². The maximum atomic E-state index is 13.8. The Morgan fingerprint density at radius 1 is 1.27 bits per heavy atom. The molecule has 0 spiro atoms. The van der Waals surface area contributed by atoms with E-state index < -0.39 is 0 Å². The van der Waals surface area contributed by atoms with Crippen molar-refractivity contribution in [2.75, 3.05) is 6.61 Å². The van der Waals surface area contributed by atoms with Gasteiger partial charge in [0.15, 0.2) is 0 Å². The standard InChI is InChI=1S/C20H17FN4O/c1-25-12-24-19(17-8-14(10-22)6-7-23-17)20(25)16-5-4-15(21)9-18(16)26-11-13-2-3-13/h4-9,12-13H,2-3,11H2,1H3. The number of rotatable bonds is 5. The molecule has 0 atom stereocenters. The second-order valence-corrected chi connectivity index (χ2v) is 6.49. The van der Waals surface area contributed by atoms with Crippen molar-refractivity contribution >= 4 is 0 Å². The highest BCUT2D eigenvalue weighted by Gasteiger charge is 2.24. The molecule has 4 rings (SSSR count). The summed E-state index contributed by atoms with van der Waals surface area (Å²) in [6.45, 7) is 0.589. The summed E-state index contributed by atoms with van der Waals surface area (Å²) in [4.78, 5) is 8.80. The van der Waals surface area contributed by atoms with Crippen LogP contribution in [0, 0.1) is 23.1 Å². The number of benzene rings is 1. The summed E-state index contributed by atoms with van der Waals surface area (Å²) in [6, 6.07) is 9.98. The van der Waals surface area contributed by atoms with Crippen LogP contribution in [0.25, 0.3) is 22.6 Å². The van der Waals surface area contributed by atoms with Gasteiger partial charge in [-0.1, -0.05) is 0 Å². The van der Waals surface area contributed by atoms with Crippen LogP contribution in [-0.4, -0.2) is 21.1 Å². The fourth-order valence-corrected chi connectivity index (χ4v) is 2.87. The molecule has 2 heterocycles. The lowest BCUT2D eigenvalue weighted by molar-refractivity contribution is 0.299. The maximum absolute atomic E-state index is 13.8. The lowest BCUT2D eigenvalue weighted by Crippen LogP contribution is -2.02. The van der Waals surface area contributed by atoms with E-state index in [4.69, 9.17) is 10.00 Å². The second-order valence-electron chi connectivity index (χ2n) is 6.49. The molecule has 3 aromatic rings. The van der Waals surface area contributed by atoms with Crippen molar-refractivity contribution in [1.29, 1.82) is 5.26 Å². The monoisotopic (exact) mass is 348 g/mol. The van der Waals surface area contributed by atoms with Gasteiger partial charge in [-0.25, -0.2) is 9.37 Å². The number of imidazole rings is 1. The largest absolute Gasteiger partial charge is 0.492 e. The Morgan fingerprint density at radius 2 is 2.12 bits per heavy atom. The van der Waals surface area contributed by atoms with Gasteiger partial charge in [0.05, 0.1) is 36.0 Å². The topological polar surface area (TPSA) is 63.7 Å². The average Bonchev–Trinajstić information content (AvgIpc) is 3.41. The molecule has 26 heavy (non-hydrogen) atoms. The number of nitrogens with zero attached hydrogens (tertiary/aromatic N) is 4. The third kappa shape index (κ3) is 3.16. The summed E-state index contributed by atoms with van der Waals surface area (Å²) in [5, 5.41) is 9.14. The molecule has 1 aliphatic carbocycles. The summed E-state index contributed by atoms with van der Waals surface area (Å²) in [7, 11) is 1.87. The third-order valence-electron chi connectivity index (χ3n) is 4.44. The minimum absolute atomic E-state index is 0.340. The maximum Gasteiger partial charge on any atom is 0.131 e. The molecule has 0 N–H and O–H groups in total. The number of hydrogen-bond donors (Lipinski definition) is 0. The summed E-state index contributed by atoms with van der Waals surface area (Å²) in [6.07, 6.45) is 5.58. The Hall–Kier alpha value is -3.20. The molecule has 6 heteroatoms. The molecule has 1 aliphatic rings. The van der Waals surface area contributed by atoms with Crippen LogP contribution in [0.3, 0.4) is 0 Å². The van der Waals surface area contributed by atoms with Gasteiger partial charge in [0.1, 0.15) is 17.3 Å². The molecule has 130 valence electrons. The summed E-state index contributed by atoms with van der Waals surface area (Å²) >= 11 is 0. The van der Waals surface area contributed by atoms with Gasteiger partial charge in [0.2, 0.25) is 0 Å². The van der Waals surface area contributed by atoms with Gasteiger partial charge in [-0.2, -0.15) is 5.26 Å². The van der Waals surface area contributed by atoms with E-state index in [1.54, 1.807) is 30.7 Å². The van der Waals surface area contributed by atoms with Crippen LogP contribution in [-0.2, 0) is 7.05 Å². The zero-order chi connectivity index (χ0) is 18.1. The SMILES string of the molecule is Cn1cnc(-c2cc(C#N)ccn2)c1-c1ccc(F)cc1OCC1CC1. The molecule has 0 bridgehead atoms. The lowest BCUT2D eigenvalue weighted by atomic mass is 10.1. The first-order valence-electron chi connectivity index (χ1n) is 8.46. The van der Waals surface area contributed by atoms with Crippen molar-refractivity contribution in [2.24, 2.45) is 13.0 Å². The van der Waals surface area contributed by atoms with E-state index in [0.717, 1.165) is 24.1 Å². The summed E-state index contributed by atoms with van der Waals surface area (Å²) in [5.41, 5.74) is 3.27. The van der Waals surface area contributed by atoms with Gasteiger partial charge in [-0.05, 0) is 43.0 Å². The summed E-state index contributed by atoms with van der Waals surface area (Å²) < 4.78 is 21.6. The van der Waals surface area contributed by atoms with Crippen LogP contribution < -0.4 is 4.74 Å². The molecule has 0 saturated heterocycles. The number of ether oxygens (including phenoxy) is 1. The van der Waals surface area contributed by atoms with Gasteiger partial charge >= 0.3 is 0 Å². The highest BCUT2D eigenvalue weighted by atomic mass is 19.1. The molecule has 0 amide bonds. The smallest absolute Gasteiger partial charge is 0.131 e. The van der Waals surface area contributed by atoms with E-state index in [-0.39, 0.29) is 5.82 Å². The van der Waals surface area contributed by atoms with Gasteiger partial charge < -0.3 is 9.30 Å². The number of aromatic nitrogens is 3. The van der Waals surface area contributed by atoms with E-state index in [0.29, 0.717) is 35.2 Å². The molecule has 0 aliphatic heterocycles. The Bertz CT molecular complexity index is 1000. The highest BCUT2D eigenvalue weighted by molar-refractivity contribution is 5.80. The zero-order valence-corrected chi connectivity index (χ0v) is 14.3. The van der Waals surface area contributed by atoms with Crippen molar-refractivity contribution in [3.63, 3.8) is 0 Å². The predicted molar refractivity (Wildman–Crippen MR) is 94.8 cm³/mol. The second kappa shape index (κ2) is 6.60. The lowest BCUT2D eigenvalue weighted by Gasteiger charge is -2.13. The van der Waals surface area contributed by atoms with Crippen LogP contribution in [0.2, 0.25) is 0 Å². The van der Waals surface area contributed by atoms with Crippen molar-refractivity contribution in [3.05, 3.63) is 54.2 Å². The quantitative estimate of drug-likeness (QED) is 0.700. The number of pyridine rings is 1. The Labute approximate surface area is 150 Å². The van der Waals surface area contributed by atoms with E-state index in [9.17, 15) is 4.39 Å². The first-order valence-corrected chi connectivity index (χ1v) is 8.46. The van der Waals surface area contributed by atoms with Crippen LogP contribution in [0.5, 0.6) is 5.75 Å². The number of aryl methyl sites for hydroxylation is 1. The zero-order valence-electron chi connectivity index (χ0n) is 14.3. The van der Waals surface area contributed by atoms with Gasteiger partial charge in [0, 0.05) is 24.9 Å². The minimum Gasteiger partial charge on any atom is -0.492 e. The predicted octanol–water partition coefficient (Wildman–Crippen LogP) is 3.95. The molecule has 2 aromatic heterocycles. The molecular formula is C20H17FN4O. The van der Waals surface area contributed by atoms with Gasteiger partial charge in [0.25, 0.3) is 0 Å². The molecule has 0 radical (unpaired) electrons. The number of halogens is 1. The minimum atomic E-state index is -0.340. The van der Waals surface area contributed by atoms with Gasteiger partial charge in [-0.3, -0.25) is 4.98 Å². The fraction of sp³-hybridized carbons (Fsp3) is 0.250.